The minimum absolute atomic E-state index is 0.323. The summed E-state index contributed by atoms with van der Waals surface area (Å²) in [6, 6.07) is 13.0. The predicted molar refractivity (Wildman–Crippen MR) is 87.3 cm³/mol. The lowest BCUT2D eigenvalue weighted by molar-refractivity contribution is -0.143. The maximum Gasteiger partial charge on any atom is 0.313 e. The molecule has 0 aromatic heterocycles. The molecule has 24 heavy (non-hydrogen) atoms. The number of esters is 1. The minimum atomic E-state index is -0.418. The molecule has 0 aliphatic carbocycles. The molecule has 0 amide bonds. The molecule has 0 N–H and O–H groups in total. The zero-order valence-corrected chi connectivity index (χ0v) is 13.5. The predicted octanol–water partition coefficient (Wildman–Crippen LogP) is 3.70. The van der Waals surface area contributed by atoms with Crippen LogP contribution in [0.2, 0.25) is 0 Å². The van der Waals surface area contributed by atoms with E-state index in [4.69, 9.17) is 14.2 Å². The molecule has 0 saturated heterocycles. The number of ether oxygens (including phenoxy) is 3. The fourth-order valence-corrected chi connectivity index (χ4v) is 2.77. The van der Waals surface area contributed by atoms with Gasteiger partial charge in [-0.25, -0.2) is 0 Å². The van der Waals surface area contributed by atoms with Gasteiger partial charge in [0, 0.05) is 11.6 Å². The van der Waals surface area contributed by atoms with Crippen LogP contribution in [0.15, 0.2) is 36.4 Å². The highest BCUT2D eigenvalue weighted by molar-refractivity contribution is 5.80. The van der Waals surface area contributed by atoms with E-state index >= 15 is 0 Å². The lowest BCUT2D eigenvalue weighted by Crippen LogP contribution is -2.22. The van der Waals surface area contributed by atoms with E-state index in [0.717, 1.165) is 5.56 Å². The van der Waals surface area contributed by atoms with Crippen LogP contribution in [0.3, 0.4) is 0 Å². The van der Waals surface area contributed by atoms with Gasteiger partial charge in [0.1, 0.15) is 23.3 Å². The fraction of sp³-hybridized carbons (Fsp3) is 0.263. The quantitative estimate of drug-likeness (QED) is 0.806. The second kappa shape index (κ2) is 6.63. The lowest BCUT2D eigenvalue weighted by atomic mass is 9.91. The number of para-hydroxylation sites is 1. The highest BCUT2D eigenvalue weighted by Gasteiger charge is 2.30. The second-order valence-corrected chi connectivity index (χ2v) is 5.58. The van der Waals surface area contributed by atoms with Gasteiger partial charge in [-0.1, -0.05) is 18.2 Å². The smallest absolute Gasteiger partial charge is 0.313 e. The summed E-state index contributed by atoms with van der Waals surface area (Å²) < 4.78 is 16.4. The van der Waals surface area contributed by atoms with Gasteiger partial charge in [-0.15, -0.1) is 0 Å². The van der Waals surface area contributed by atoms with Crippen molar-refractivity contribution in [1.29, 1.82) is 5.26 Å². The Hall–Kier alpha value is -3.00. The van der Waals surface area contributed by atoms with E-state index in [-0.39, 0.29) is 5.97 Å². The molecule has 1 atom stereocenters. The molecule has 122 valence electrons. The lowest BCUT2D eigenvalue weighted by Gasteiger charge is -2.25. The van der Waals surface area contributed by atoms with Crippen molar-refractivity contribution in [3.63, 3.8) is 0 Å². The summed E-state index contributed by atoms with van der Waals surface area (Å²) in [7, 11) is 1.36. The van der Waals surface area contributed by atoms with E-state index in [1.807, 2.05) is 31.2 Å². The Balaban J connectivity index is 2.02. The molecule has 1 aliphatic rings. The molecule has 0 spiro atoms. The number of fused-ring (bicyclic) bond motifs is 1. The Morgan fingerprint density at radius 1 is 1.29 bits per heavy atom. The van der Waals surface area contributed by atoms with Crippen LogP contribution >= 0.6 is 0 Å². The van der Waals surface area contributed by atoms with Crippen LogP contribution in [0, 0.1) is 18.3 Å². The topological polar surface area (TPSA) is 68.6 Å². The maximum absolute atomic E-state index is 12.0. The molecule has 1 heterocycles. The number of aryl methyl sites for hydroxylation is 1. The molecule has 5 nitrogen and oxygen atoms in total. The summed E-state index contributed by atoms with van der Waals surface area (Å²) >= 11 is 0. The van der Waals surface area contributed by atoms with Crippen molar-refractivity contribution in [2.24, 2.45) is 0 Å². The number of carbonyl (C=O) groups excluding carboxylic acids is 1. The normalized spacial score (nSPS) is 15.6. The summed E-state index contributed by atoms with van der Waals surface area (Å²) in [5, 5.41) is 9.46. The molecular formula is C19H17NO4. The number of nitriles is 1. The number of hydrogen-bond donors (Lipinski definition) is 0. The number of nitrogens with zero attached hydrogens (tertiary/aromatic N) is 1. The van der Waals surface area contributed by atoms with Crippen LogP contribution in [0.1, 0.15) is 29.0 Å². The van der Waals surface area contributed by atoms with Crippen LogP contribution < -0.4 is 9.47 Å². The SMILES string of the molecule is COC(=O)C1CCOc2cc(Oc3ccccc3C)c(C#N)cc21. The first-order valence-electron chi connectivity index (χ1n) is 7.66. The van der Waals surface area contributed by atoms with Crippen molar-refractivity contribution >= 4 is 5.97 Å². The fourth-order valence-electron chi connectivity index (χ4n) is 2.77. The van der Waals surface area contributed by atoms with Gasteiger partial charge in [-0.2, -0.15) is 5.26 Å². The van der Waals surface area contributed by atoms with Crippen molar-refractivity contribution in [2.45, 2.75) is 19.3 Å². The number of hydrogen-bond acceptors (Lipinski definition) is 5. The summed E-state index contributed by atoms with van der Waals surface area (Å²) in [5.74, 6) is 0.902. The molecule has 3 rings (SSSR count). The molecule has 2 aromatic carbocycles. The maximum atomic E-state index is 12.0. The van der Waals surface area contributed by atoms with Crippen molar-refractivity contribution in [3.8, 4) is 23.3 Å². The molecule has 0 saturated carbocycles. The molecule has 0 radical (unpaired) electrons. The monoisotopic (exact) mass is 323 g/mol. The Morgan fingerprint density at radius 3 is 2.79 bits per heavy atom. The summed E-state index contributed by atoms with van der Waals surface area (Å²) in [4.78, 5) is 12.0. The van der Waals surface area contributed by atoms with Gasteiger partial charge in [0.05, 0.1) is 25.2 Å². The van der Waals surface area contributed by atoms with Crippen LogP contribution in [-0.4, -0.2) is 19.7 Å². The zero-order valence-electron chi connectivity index (χ0n) is 13.5. The van der Waals surface area contributed by atoms with Crippen LogP contribution in [0.25, 0.3) is 0 Å². The summed E-state index contributed by atoms with van der Waals surface area (Å²) in [5.41, 5.74) is 1.99. The Bertz CT molecular complexity index is 823. The van der Waals surface area contributed by atoms with Gasteiger partial charge in [0.2, 0.25) is 0 Å². The Morgan fingerprint density at radius 2 is 2.08 bits per heavy atom. The van der Waals surface area contributed by atoms with E-state index in [0.29, 0.717) is 41.4 Å². The number of rotatable bonds is 3. The van der Waals surface area contributed by atoms with Crippen molar-refractivity contribution in [3.05, 3.63) is 53.1 Å². The van der Waals surface area contributed by atoms with Crippen LogP contribution in [-0.2, 0) is 9.53 Å². The summed E-state index contributed by atoms with van der Waals surface area (Å²) in [6.07, 6.45) is 0.530. The van der Waals surface area contributed by atoms with Gasteiger partial charge in [-0.3, -0.25) is 4.79 Å². The van der Waals surface area contributed by atoms with Crippen molar-refractivity contribution in [1.82, 2.24) is 0 Å². The van der Waals surface area contributed by atoms with E-state index in [9.17, 15) is 10.1 Å². The third kappa shape index (κ3) is 2.91. The minimum Gasteiger partial charge on any atom is -0.493 e. The van der Waals surface area contributed by atoms with Crippen molar-refractivity contribution < 1.29 is 19.0 Å². The second-order valence-electron chi connectivity index (χ2n) is 5.58. The van der Waals surface area contributed by atoms with Gasteiger partial charge >= 0.3 is 5.97 Å². The van der Waals surface area contributed by atoms with E-state index in [2.05, 4.69) is 6.07 Å². The van der Waals surface area contributed by atoms with Crippen LogP contribution in [0.5, 0.6) is 17.2 Å². The average molecular weight is 323 g/mol. The molecule has 5 heteroatoms. The van der Waals surface area contributed by atoms with Crippen LogP contribution in [0.4, 0.5) is 0 Å². The highest BCUT2D eigenvalue weighted by atomic mass is 16.5. The first-order valence-corrected chi connectivity index (χ1v) is 7.66. The first-order chi connectivity index (χ1) is 11.6. The highest BCUT2D eigenvalue weighted by Crippen LogP contribution is 2.40. The number of carbonyl (C=O) groups is 1. The first kappa shape index (κ1) is 15.9. The molecule has 1 unspecified atom stereocenters. The van der Waals surface area contributed by atoms with E-state index in [1.54, 1.807) is 12.1 Å². The summed E-state index contributed by atoms with van der Waals surface area (Å²) in [6.45, 7) is 2.35. The average Bonchev–Trinajstić information content (AvgIpc) is 2.61. The Labute approximate surface area is 140 Å². The van der Waals surface area contributed by atoms with E-state index < -0.39 is 5.92 Å². The largest absolute Gasteiger partial charge is 0.493 e. The third-order valence-electron chi connectivity index (χ3n) is 4.07. The van der Waals surface area contributed by atoms with Crippen molar-refractivity contribution in [2.75, 3.05) is 13.7 Å². The molecule has 0 bridgehead atoms. The molecule has 0 fully saturated rings. The van der Waals surface area contributed by atoms with Gasteiger partial charge in [0.15, 0.2) is 0 Å². The van der Waals surface area contributed by atoms with Gasteiger partial charge < -0.3 is 14.2 Å². The van der Waals surface area contributed by atoms with E-state index in [1.165, 1.54) is 7.11 Å². The Kier molecular flexibility index (Phi) is 4.39. The molecular weight excluding hydrogens is 306 g/mol. The standard InChI is InChI=1S/C19H17NO4/c1-12-5-3-4-6-16(12)24-17-10-18-15(9-13(17)11-20)14(7-8-23-18)19(21)22-2/h3-6,9-10,14H,7-8H2,1-2H3. The number of methoxy groups -OCH3 is 1. The van der Waals surface area contributed by atoms with Gasteiger partial charge in [-0.05, 0) is 31.0 Å². The zero-order chi connectivity index (χ0) is 17.1. The third-order valence-corrected chi connectivity index (χ3v) is 4.07. The molecule has 1 aliphatic heterocycles. The van der Waals surface area contributed by atoms with Gasteiger partial charge in [0.25, 0.3) is 0 Å². The number of benzene rings is 2. The molecule has 2 aromatic rings.